The summed E-state index contributed by atoms with van der Waals surface area (Å²) in [7, 11) is 0. The summed E-state index contributed by atoms with van der Waals surface area (Å²) in [6, 6.07) is 6.28. The molecule has 1 saturated carbocycles. The average molecular weight is 316 g/mol. The third-order valence-electron chi connectivity index (χ3n) is 5.16. The quantitative estimate of drug-likeness (QED) is 0.778. The van der Waals surface area contributed by atoms with Gasteiger partial charge in [-0.2, -0.15) is 0 Å². The van der Waals surface area contributed by atoms with Gasteiger partial charge in [0.15, 0.2) is 6.04 Å². The number of hydrogen-bond acceptors (Lipinski definition) is 2. The number of piperazine rings is 1. The summed E-state index contributed by atoms with van der Waals surface area (Å²) >= 11 is 0. The molecule has 1 aliphatic carbocycles. The van der Waals surface area contributed by atoms with Crippen LogP contribution in [0.2, 0.25) is 0 Å². The van der Waals surface area contributed by atoms with Gasteiger partial charge >= 0.3 is 0 Å². The van der Waals surface area contributed by atoms with Crippen LogP contribution >= 0.6 is 0 Å². The summed E-state index contributed by atoms with van der Waals surface area (Å²) in [5, 5.41) is 8.13. The zero-order valence-corrected chi connectivity index (χ0v) is 13.9. The van der Waals surface area contributed by atoms with Gasteiger partial charge in [-0.05, 0) is 49.9 Å². The summed E-state index contributed by atoms with van der Waals surface area (Å²) in [5.74, 6) is -0.0951. The number of nitrogens with two attached hydrogens (primary N) is 1. The fraction of sp³-hybridized carbons (Fsp3) is 0.556. The van der Waals surface area contributed by atoms with Gasteiger partial charge in [0.2, 0.25) is 5.91 Å². The molecule has 1 aromatic rings. The number of anilines is 1. The predicted molar refractivity (Wildman–Crippen MR) is 89.1 cm³/mol. The normalized spacial score (nSPS) is 27.0. The Bertz CT molecular complexity index is 614. The standard InChI is InChI=1S/C18H25N3O2/c1-11-7-8-13(9-12(11)2)19-17(22)10-16-18(23)21-15-6-4-3-5-14(15)20-16/h7-9,14-16,20H,3-6,10H2,1-2H3,(H,19,22)(H,21,23)/p+1/t14-,15+,16-/m1/s1. The van der Waals surface area contributed by atoms with Crippen LogP contribution < -0.4 is 16.0 Å². The van der Waals surface area contributed by atoms with E-state index in [0.717, 1.165) is 24.1 Å². The van der Waals surface area contributed by atoms with Gasteiger partial charge in [0.25, 0.3) is 5.91 Å². The van der Waals surface area contributed by atoms with E-state index in [9.17, 15) is 9.59 Å². The lowest BCUT2D eigenvalue weighted by Gasteiger charge is -2.37. The fourth-order valence-electron chi connectivity index (χ4n) is 3.64. The van der Waals surface area contributed by atoms with E-state index in [1.165, 1.54) is 18.4 Å². The number of carbonyl (C=O) groups is 2. The smallest absolute Gasteiger partial charge is 0.279 e. The van der Waals surface area contributed by atoms with Crippen LogP contribution in [0.1, 0.15) is 43.2 Å². The molecular weight excluding hydrogens is 290 g/mol. The number of hydrogen-bond donors (Lipinski definition) is 3. The van der Waals surface area contributed by atoms with Gasteiger partial charge in [-0.3, -0.25) is 9.59 Å². The highest BCUT2D eigenvalue weighted by atomic mass is 16.2. The largest absolute Gasteiger partial charge is 0.342 e. The van der Waals surface area contributed by atoms with Crippen molar-refractivity contribution < 1.29 is 14.9 Å². The molecule has 2 fully saturated rings. The van der Waals surface area contributed by atoms with Crippen LogP contribution in [0.15, 0.2) is 18.2 Å². The summed E-state index contributed by atoms with van der Waals surface area (Å²) in [5.41, 5.74) is 3.14. The number of rotatable bonds is 3. The number of nitrogens with one attached hydrogen (secondary N) is 2. The summed E-state index contributed by atoms with van der Waals surface area (Å²) in [6.07, 6.45) is 4.82. The van der Waals surface area contributed by atoms with Gasteiger partial charge in [-0.15, -0.1) is 0 Å². The van der Waals surface area contributed by atoms with E-state index in [4.69, 9.17) is 0 Å². The summed E-state index contributed by atoms with van der Waals surface area (Å²) in [6.45, 7) is 4.07. The Kier molecular flexibility index (Phi) is 4.66. The van der Waals surface area contributed by atoms with Crippen LogP contribution in [0.25, 0.3) is 0 Å². The van der Waals surface area contributed by atoms with Gasteiger partial charge in [0.1, 0.15) is 6.04 Å². The molecule has 2 amide bonds. The van der Waals surface area contributed by atoms with Crippen LogP contribution in [0.5, 0.6) is 0 Å². The SMILES string of the molecule is Cc1ccc(NC(=O)C[C@H]2[NH2+][C@@H]3CCCC[C@@H]3NC2=O)cc1C. The molecule has 4 N–H and O–H groups in total. The van der Waals surface area contributed by atoms with Crippen molar-refractivity contribution in [3.63, 3.8) is 0 Å². The highest BCUT2D eigenvalue weighted by molar-refractivity contribution is 5.95. The second kappa shape index (κ2) is 6.71. The van der Waals surface area contributed by atoms with Crippen molar-refractivity contribution in [2.75, 3.05) is 5.32 Å². The molecule has 1 aromatic carbocycles. The van der Waals surface area contributed by atoms with Crippen molar-refractivity contribution >= 4 is 17.5 Å². The molecule has 3 atom stereocenters. The van der Waals surface area contributed by atoms with Gasteiger partial charge in [-0.25, -0.2) is 0 Å². The Morgan fingerprint density at radius 3 is 2.83 bits per heavy atom. The first kappa shape index (κ1) is 16.0. The van der Waals surface area contributed by atoms with Gasteiger partial charge in [0.05, 0.1) is 12.5 Å². The minimum Gasteiger partial charge on any atom is -0.342 e. The predicted octanol–water partition coefficient (Wildman–Crippen LogP) is 1.01. The van der Waals surface area contributed by atoms with Crippen LogP contribution in [0, 0.1) is 13.8 Å². The fourth-order valence-corrected chi connectivity index (χ4v) is 3.64. The molecule has 0 radical (unpaired) electrons. The molecule has 23 heavy (non-hydrogen) atoms. The van der Waals surface area contributed by atoms with Crippen molar-refractivity contribution in [1.29, 1.82) is 0 Å². The van der Waals surface area contributed by atoms with Crippen molar-refractivity contribution in [1.82, 2.24) is 5.32 Å². The molecule has 0 bridgehead atoms. The van der Waals surface area contributed by atoms with Crippen LogP contribution in [0.3, 0.4) is 0 Å². The Morgan fingerprint density at radius 1 is 1.26 bits per heavy atom. The highest BCUT2D eigenvalue weighted by Crippen LogP contribution is 2.19. The Balaban J connectivity index is 1.58. The highest BCUT2D eigenvalue weighted by Gasteiger charge is 2.40. The number of benzene rings is 1. The van der Waals surface area contributed by atoms with E-state index < -0.39 is 0 Å². The molecule has 0 unspecified atom stereocenters. The second-order valence-electron chi connectivity index (χ2n) is 6.91. The maximum Gasteiger partial charge on any atom is 0.279 e. The molecule has 3 rings (SSSR count). The van der Waals surface area contributed by atoms with Crippen molar-refractivity contribution in [3.8, 4) is 0 Å². The van der Waals surface area contributed by atoms with Crippen LogP contribution in [-0.2, 0) is 9.59 Å². The number of amides is 2. The first-order chi connectivity index (χ1) is 11.0. The first-order valence-corrected chi connectivity index (χ1v) is 8.55. The third-order valence-corrected chi connectivity index (χ3v) is 5.16. The lowest BCUT2D eigenvalue weighted by molar-refractivity contribution is -0.718. The van der Waals surface area contributed by atoms with E-state index in [0.29, 0.717) is 6.04 Å². The van der Waals surface area contributed by atoms with Crippen molar-refractivity contribution in [3.05, 3.63) is 29.3 Å². The molecular formula is C18H26N3O2+. The minimum absolute atomic E-state index is 0.00314. The van der Waals surface area contributed by atoms with E-state index in [2.05, 4.69) is 16.0 Å². The molecule has 5 heteroatoms. The van der Waals surface area contributed by atoms with Crippen LogP contribution in [0.4, 0.5) is 5.69 Å². The van der Waals surface area contributed by atoms with Crippen LogP contribution in [-0.4, -0.2) is 29.9 Å². The first-order valence-electron chi connectivity index (χ1n) is 8.55. The number of quaternary nitrogens is 1. The Morgan fingerprint density at radius 2 is 2.04 bits per heavy atom. The maximum atomic E-state index is 12.3. The van der Waals surface area contributed by atoms with Gasteiger partial charge in [0, 0.05) is 12.1 Å². The molecule has 0 spiro atoms. The lowest BCUT2D eigenvalue weighted by atomic mass is 9.87. The molecule has 2 aliphatic rings. The van der Waals surface area contributed by atoms with E-state index >= 15 is 0 Å². The van der Waals surface area contributed by atoms with Gasteiger partial charge in [-0.1, -0.05) is 12.5 Å². The van der Waals surface area contributed by atoms with Crippen molar-refractivity contribution in [2.45, 2.75) is 64.1 Å². The number of carbonyl (C=O) groups excluding carboxylic acids is 2. The van der Waals surface area contributed by atoms with Gasteiger partial charge < -0.3 is 16.0 Å². The lowest BCUT2D eigenvalue weighted by Crippen LogP contribution is -3.03. The summed E-state index contributed by atoms with van der Waals surface area (Å²) in [4.78, 5) is 24.5. The van der Waals surface area contributed by atoms with Crippen molar-refractivity contribution in [2.24, 2.45) is 0 Å². The number of aryl methyl sites for hydroxylation is 2. The summed E-state index contributed by atoms with van der Waals surface area (Å²) < 4.78 is 0. The Labute approximate surface area is 137 Å². The zero-order chi connectivity index (χ0) is 16.4. The molecule has 1 heterocycles. The monoisotopic (exact) mass is 316 g/mol. The molecule has 0 aromatic heterocycles. The molecule has 124 valence electrons. The molecule has 1 saturated heterocycles. The molecule has 5 nitrogen and oxygen atoms in total. The molecule has 1 aliphatic heterocycles. The topological polar surface area (TPSA) is 74.8 Å². The zero-order valence-electron chi connectivity index (χ0n) is 13.9. The second-order valence-corrected chi connectivity index (χ2v) is 6.91. The Hall–Kier alpha value is -1.88. The minimum atomic E-state index is -0.305. The van der Waals surface area contributed by atoms with E-state index in [1.807, 2.05) is 32.0 Å². The van der Waals surface area contributed by atoms with E-state index in [-0.39, 0.29) is 30.3 Å². The number of fused-ring (bicyclic) bond motifs is 1. The third kappa shape index (κ3) is 3.72. The van der Waals surface area contributed by atoms with E-state index in [1.54, 1.807) is 0 Å². The maximum absolute atomic E-state index is 12.3. The average Bonchev–Trinajstić information content (AvgIpc) is 2.51.